The van der Waals surface area contributed by atoms with Crippen LogP contribution in [0.25, 0.3) is 10.8 Å². The molecular formula is C16H12O3S. The van der Waals surface area contributed by atoms with E-state index in [1.165, 1.54) is 11.3 Å². The van der Waals surface area contributed by atoms with Crippen LogP contribution in [0.5, 0.6) is 5.75 Å². The maximum Gasteiger partial charge on any atom is 0.349 e. The molecule has 0 unspecified atom stereocenters. The second-order valence-electron chi connectivity index (χ2n) is 4.35. The van der Waals surface area contributed by atoms with Crippen LogP contribution in [0.3, 0.4) is 0 Å². The number of carboxylic acids is 1. The zero-order chi connectivity index (χ0) is 13.9. The van der Waals surface area contributed by atoms with E-state index in [1.54, 1.807) is 11.4 Å². The fourth-order valence-corrected chi connectivity index (χ4v) is 2.81. The highest BCUT2D eigenvalue weighted by Crippen LogP contribution is 2.27. The Morgan fingerprint density at radius 1 is 1.10 bits per heavy atom. The van der Waals surface area contributed by atoms with Gasteiger partial charge in [-0.25, -0.2) is 4.79 Å². The molecule has 1 N–H and O–H groups in total. The summed E-state index contributed by atoms with van der Waals surface area (Å²) in [6.45, 7) is 0.359. The minimum atomic E-state index is -0.951. The van der Waals surface area contributed by atoms with Crippen LogP contribution in [0, 0.1) is 0 Å². The molecule has 1 aromatic heterocycles. The fourth-order valence-electron chi connectivity index (χ4n) is 2.14. The first kappa shape index (κ1) is 12.7. The summed E-state index contributed by atoms with van der Waals surface area (Å²) >= 11 is 1.17. The summed E-state index contributed by atoms with van der Waals surface area (Å²) in [4.78, 5) is 11.3. The highest BCUT2D eigenvalue weighted by atomic mass is 32.1. The molecule has 20 heavy (non-hydrogen) atoms. The van der Waals surface area contributed by atoms with Gasteiger partial charge in [0.1, 0.15) is 12.4 Å². The van der Waals surface area contributed by atoms with Crippen molar-refractivity contribution in [2.75, 3.05) is 0 Å². The van der Waals surface area contributed by atoms with E-state index in [0.29, 0.717) is 12.4 Å². The summed E-state index contributed by atoms with van der Waals surface area (Å²) in [6, 6.07) is 15.8. The first-order chi connectivity index (χ1) is 9.75. The molecule has 0 aliphatic heterocycles. The summed E-state index contributed by atoms with van der Waals surface area (Å²) in [7, 11) is 0. The number of benzene rings is 2. The lowest BCUT2D eigenvalue weighted by molar-refractivity contribution is 0.0697. The van der Waals surface area contributed by atoms with E-state index in [4.69, 9.17) is 9.84 Å². The van der Waals surface area contributed by atoms with Crippen molar-refractivity contribution in [2.24, 2.45) is 0 Å². The third-order valence-electron chi connectivity index (χ3n) is 3.09. The van der Waals surface area contributed by atoms with E-state index in [2.05, 4.69) is 0 Å². The van der Waals surface area contributed by atoms with Crippen molar-refractivity contribution < 1.29 is 14.6 Å². The first-order valence-corrected chi connectivity index (χ1v) is 7.04. The van der Waals surface area contributed by atoms with Gasteiger partial charge in [-0.05, 0) is 27.8 Å². The molecule has 0 saturated carbocycles. The van der Waals surface area contributed by atoms with Crippen molar-refractivity contribution >= 4 is 28.1 Å². The van der Waals surface area contributed by atoms with E-state index in [-0.39, 0.29) is 4.88 Å². The zero-order valence-corrected chi connectivity index (χ0v) is 11.4. The molecule has 4 heteroatoms. The maximum atomic E-state index is 11.0. The Hall–Kier alpha value is -2.33. The van der Waals surface area contributed by atoms with E-state index in [1.807, 2.05) is 42.5 Å². The van der Waals surface area contributed by atoms with Gasteiger partial charge in [-0.3, -0.25) is 0 Å². The molecule has 3 rings (SSSR count). The van der Waals surface area contributed by atoms with E-state index in [0.717, 1.165) is 16.3 Å². The third-order valence-corrected chi connectivity index (χ3v) is 3.97. The molecular weight excluding hydrogens is 272 g/mol. The molecule has 2 aromatic carbocycles. The summed E-state index contributed by atoms with van der Waals surface area (Å²) in [5.41, 5.74) is 1.05. The van der Waals surface area contributed by atoms with Gasteiger partial charge in [-0.2, -0.15) is 0 Å². The van der Waals surface area contributed by atoms with Crippen molar-refractivity contribution in [3.8, 4) is 5.75 Å². The number of thiophene rings is 1. The number of rotatable bonds is 4. The topological polar surface area (TPSA) is 46.5 Å². The number of aromatic carboxylic acids is 1. The largest absolute Gasteiger partial charge is 0.487 e. The van der Waals surface area contributed by atoms with Gasteiger partial charge in [0.05, 0.1) is 0 Å². The minimum absolute atomic E-state index is 0.241. The number of hydrogen-bond donors (Lipinski definition) is 1. The molecule has 0 radical (unpaired) electrons. The average molecular weight is 284 g/mol. The molecule has 0 bridgehead atoms. The van der Waals surface area contributed by atoms with Gasteiger partial charge in [0.15, 0.2) is 4.88 Å². The SMILES string of the molecule is O=C(O)c1sccc1OCc1cccc2ccccc12. The first-order valence-electron chi connectivity index (χ1n) is 6.16. The number of ether oxygens (including phenoxy) is 1. The highest BCUT2D eigenvalue weighted by molar-refractivity contribution is 7.12. The van der Waals surface area contributed by atoms with Gasteiger partial charge in [0.25, 0.3) is 0 Å². The lowest BCUT2D eigenvalue weighted by Crippen LogP contribution is -2.00. The smallest absolute Gasteiger partial charge is 0.349 e. The summed E-state index contributed by atoms with van der Waals surface area (Å²) < 4.78 is 5.66. The Morgan fingerprint density at radius 2 is 1.90 bits per heavy atom. The second kappa shape index (κ2) is 5.35. The second-order valence-corrected chi connectivity index (χ2v) is 5.26. The van der Waals surface area contributed by atoms with Crippen LogP contribution in [-0.2, 0) is 6.61 Å². The Kier molecular flexibility index (Phi) is 3.39. The lowest BCUT2D eigenvalue weighted by Gasteiger charge is -2.08. The van der Waals surface area contributed by atoms with Crippen LogP contribution in [0.2, 0.25) is 0 Å². The number of carbonyl (C=O) groups is 1. The molecule has 0 saturated heterocycles. The molecule has 100 valence electrons. The molecule has 3 aromatic rings. The van der Waals surface area contributed by atoms with Crippen LogP contribution >= 0.6 is 11.3 Å². The molecule has 0 amide bonds. The Bertz CT molecular complexity index is 756. The van der Waals surface area contributed by atoms with Crippen molar-refractivity contribution in [1.82, 2.24) is 0 Å². The van der Waals surface area contributed by atoms with Gasteiger partial charge in [-0.1, -0.05) is 42.5 Å². The number of carboxylic acid groups (broad SMARTS) is 1. The van der Waals surface area contributed by atoms with Gasteiger partial charge in [-0.15, -0.1) is 11.3 Å². The predicted molar refractivity (Wildman–Crippen MR) is 79.6 cm³/mol. The van der Waals surface area contributed by atoms with E-state index < -0.39 is 5.97 Å². The average Bonchev–Trinajstić information content (AvgIpc) is 2.93. The minimum Gasteiger partial charge on any atom is -0.487 e. The van der Waals surface area contributed by atoms with Gasteiger partial charge in [0.2, 0.25) is 0 Å². The predicted octanol–water partition coefficient (Wildman–Crippen LogP) is 4.18. The third kappa shape index (κ3) is 2.38. The van der Waals surface area contributed by atoms with Crippen LogP contribution < -0.4 is 4.74 Å². The lowest BCUT2D eigenvalue weighted by atomic mass is 10.1. The van der Waals surface area contributed by atoms with Crippen molar-refractivity contribution in [2.45, 2.75) is 6.61 Å². The van der Waals surface area contributed by atoms with Crippen LogP contribution in [0.4, 0.5) is 0 Å². The van der Waals surface area contributed by atoms with E-state index in [9.17, 15) is 4.79 Å². The summed E-state index contributed by atoms with van der Waals surface area (Å²) in [6.07, 6.45) is 0. The van der Waals surface area contributed by atoms with Crippen molar-refractivity contribution in [1.29, 1.82) is 0 Å². The normalized spacial score (nSPS) is 10.6. The molecule has 0 fully saturated rings. The van der Waals surface area contributed by atoms with Crippen molar-refractivity contribution in [3.05, 3.63) is 64.4 Å². The van der Waals surface area contributed by atoms with Gasteiger partial charge >= 0.3 is 5.97 Å². The summed E-state index contributed by atoms with van der Waals surface area (Å²) in [5.74, 6) is -0.525. The van der Waals surface area contributed by atoms with Gasteiger partial charge in [0, 0.05) is 0 Å². The number of hydrogen-bond acceptors (Lipinski definition) is 3. The van der Waals surface area contributed by atoms with Crippen LogP contribution in [0.1, 0.15) is 15.2 Å². The molecule has 3 nitrogen and oxygen atoms in total. The molecule has 1 heterocycles. The van der Waals surface area contributed by atoms with Gasteiger partial charge < -0.3 is 9.84 Å². The molecule has 0 aliphatic carbocycles. The monoisotopic (exact) mass is 284 g/mol. The molecule has 0 spiro atoms. The molecule has 0 atom stereocenters. The fraction of sp³-hybridized carbons (Fsp3) is 0.0625. The quantitative estimate of drug-likeness (QED) is 0.781. The number of fused-ring (bicyclic) bond motifs is 1. The van der Waals surface area contributed by atoms with E-state index >= 15 is 0 Å². The Morgan fingerprint density at radius 3 is 2.75 bits per heavy atom. The Labute approximate surface area is 120 Å². The standard InChI is InChI=1S/C16H12O3S/c17-16(18)15-14(8-9-20-15)19-10-12-6-3-5-11-4-1-2-7-13(11)12/h1-9H,10H2,(H,17,18). The highest BCUT2D eigenvalue weighted by Gasteiger charge is 2.13. The molecule has 0 aliphatic rings. The summed E-state index contributed by atoms with van der Waals surface area (Å²) in [5, 5.41) is 13.1. The maximum absolute atomic E-state index is 11.0. The van der Waals surface area contributed by atoms with Crippen molar-refractivity contribution in [3.63, 3.8) is 0 Å². The zero-order valence-electron chi connectivity index (χ0n) is 10.6. The van der Waals surface area contributed by atoms with Crippen LogP contribution in [-0.4, -0.2) is 11.1 Å². The van der Waals surface area contributed by atoms with Crippen LogP contribution in [0.15, 0.2) is 53.9 Å². The Balaban J connectivity index is 1.87.